The molecule has 0 bridgehead atoms. The van der Waals surface area contributed by atoms with E-state index < -0.39 is 60.6 Å². The maximum Gasteiger partial charge on any atom is 0.573 e. The molecule has 0 aliphatic carbocycles. The molecule has 60 heavy (non-hydrogen) atoms. The van der Waals surface area contributed by atoms with E-state index in [1.54, 1.807) is 23.1 Å². The molecule has 0 radical (unpaired) electrons. The third-order valence-corrected chi connectivity index (χ3v) is 10.6. The molecular formula is C38H36F8N8O6. The number of halogens is 8. The number of imide groups is 1. The van der Waals surface area contributed by atoms with Gasteiger partial charge in [-0.25, -0.2) is 18.6 Å². The van der Waals surface area contributed by atoms with E-state index in [1.165, 1.54) is 59.5 Å². The predicted octanol–water partition coefficient (Wildman–Crippen LogP) is 4.88. The van der Waals surface area contributed by atoms with Gasteiger partial charge in [-0.3, -0.25) is 29.2 Å². The molecule has 1 aromatic carbocycles. The van der Waals surface area contributed by atoms with Gasteiger partial charge in [0.1, 0.15) is 17.6 Å². The summed E-state index contributed by atoms with van der Waals surface area (Å²) in [6.45, 7) is 0.441. The number of piperidine rings is 2. The molecule has 4 aromatic rings. The van der Waals surface area contributed by atoms with Crippen LogP contribution in [0.25, 0.3) is 21.9 Å². The zero-order valence-electron chi connectivity index (χ0n) is 31.6. The highest BCUT2D eigenvalue weighted by Crippen LogP contribution is 2.37. The Hall–Kier alpha value is -5.90. The van der Waals surface area contributed by atoms with Crippen molar-refractivity contribution in [1.82, 2.24) is 29.4 Å². The summed E-state index contributed by atoms with van der Waals surface area (Å²) in [4.78, 5) is 65.7. The summed E-state index contributed by atoms with van der Waals surface area (Å²) >= 11 is 0. The Morgan fingerprint density at radius 1 is 0.933 bits per heavy atom. The topological polar surface area (TPSA) is 142 Å². The molecular weight excluding hydrogens is 816 g/mol. The number of ether oxygens (including phenoxy) is 1. The van der Waals surface area contributed by atoms with Gasteiger partial charge in [0, 0.05) is 82.5 Å². The number of hydrogen-bond acceptors (Lipinski definition) is 12. The van der Waals surface area contributed by atoms with Crippen LogP contribution in [-0.2, 0) is 32.8 Å². The average molecular weight is 853 g/mol. The molecule has 2 amide bonds. The standard InChI is InChI=1S/C38H36F8N8O6/c1-50-20-27(25-8-10-47-18-26(25)33(50)56)22-2-3-23(29(16-22)59-38(44,45)46)19-51-11-9-30(36(39,40)21-51)53-14-12-52(13-15-53)24-4-6-31(48-17-24)49-28-5-7-32(55)54(34(28)57)60-35(58)37(41,42)43/h2-4,6,8,10,16-18,20,28,30H,5,7,9,11-15,19,21H2,1H3,(H,48,49). The van der Waals surface area contributed by atoms with Crippen molar-refractivity contribution in [3.05, 3.63) is 77.1 Å². The van der Waals surface area contributed by atoms with Gasteiger partial charge in [0.15, 0.2) is 0 Å². The summed E-state index contributed by atoms with van der Waals surface area (Å²) < 4.78 is 116. The molecule has 3 saturated heterocycles. The van der Waals surface area contributed by atoms with E-state index in [1.807, 2.05) is 4.90 Å². The van der Waals surface area contributed by atoms with Gasteiger partial charge in [-0.1, -0.05) is 12.1 Å². The number of alkyl halides is 8. The molecule has 2 unspecified atom stereocenters. The Morgan fingerprint density at radius 2 is 1.68 bits per heavy atom. The maximum absolute atomic E-state index is 15.8. The van der Waals surface area contributed by atoms with Gasteiger partial charge in [-0.2, -0.15) is 13.2 Å². The van der Waals surface area contributed by atoms with E-state index in [9.17, 15) is 45.5 Å². The lowest BCUT2D eigenvalue weighted by atomic mass is 9.96. The molecule has 3 aliphatic rings. The minimum Gasteiger partial charge on any atom is -0.405 e. The number of aromatic nitrogens is 3. The number of nitrogens with one attached hydrogen (secondary N) is 1. The number of benzene rings is 1. The van der Waals surface area contributed by atoms with Crippen LogP contribution in [0, 0.1) is 0 Å². The molecule has 22 heteroatoms. The van der Waals surface area contributed by atoms with Crippen LogP contribution < -0.4 is 20.5 Å². The van der Waals surface area contributed by atoms with E-state index in [-0.39, 0.29) is 72.8 Å². The Kier molecular flexibility index (Phi) is 11.5. The van der Waals surface area contributed by atoms with Crippen molar-refractivity contribution >= 4 is 40.1 Å². The fourth-order valence-corrected chi connectivity index (χ4v) is 7.69. The highest BCUT2D eigenvalue weighted by molar-refractivity contribution is 6.01. The number of amides is 2. The minimum absolute atomic E-state index is 0.0405. The van der Waals surface area contributed by atoms with Crippen LogP contribution in [0.4, 0.5) is 46.6 Å². The lowest BCUT2D eigenvalue weighted by Crippen LogP contribution is -2.61. The van der Waals surface area contributed by atoms with Gasteiger partial charge in [-0.15, -0.1) is 18.2 Å². The fourth-order valence-electron chi connectivity index (χ4n) is 7.69. The van der Waals surface area contributed by atoms with Crippen LogP contribution in [0.5, 0.6) is 5.75 Å². The quantitative estimate of drug-likeness (QED) is 0.181. The number of nitrogens with zero attached hydrogens (tertiary/aromatic N) is 7. The van der Waals surface area contributed by atoms with Crippen molar-refractivity contribution in [3.8, 4) is 16.9 Å². The van der Waals surface area contributed by atoms with E-state index in [0.717, 1.165) is 0 Å². The van der Waals surface area contributed by atoms with Crippen LogP contribution in [0.3, 0.4) is 0 Å². The zero-order valence-corrected chi connectivity index (χ0v) is 31.6. The molecule has 2 atom stereocenters. The number of rotatable bonds is 9. The largest absolute Gasteiger partial charge is 0.573 e. The number of carbonyl (C=O) groups excluding carboxylic acids is 3. The molecule has 7 rings (SSSR count). The van der Waals surface area contributed by atoms with Crippen LogP contribution in [0.1, 0.15) is 24.8 Å². The zero-order chi connectivity index (χ0) is 43.1. The summed E-state index contributed by atoms with van der Waals surface area (Å²) in [5, 5.41) is 3.25. The predicted molar refractivity (Wildman–Crippen MR) is 196 cm³/mol. The molecule has 14 nitrogen and oxygen atoms in total. The van der Waals surface area contributed by atoms with E-state index in [0.29, 0.717) is 35.3 Å². The highest BCUT2D eigenvalue weighted by Gasteiger charge is 2.49. The number of carbonyl (C=O) groups is 3. The Morgan fingerprint density at radius 3 is 2.35 bits per heavy atom. The molecule has 0 spiro atoms. The smallest absolute Gasteiger partial charge is 0.405 e. The number of aryl methyl sites for hydroxylation is 1. The molecule has 6 heterocycles. The van der Waals surface area contributed by atoms with Crippen molar-refractivity contribution in [1.29, 1.82) is 0 Å². The van der Waals surface area contributed by atoms with Crippen molar-refractivity contribution < 1.29 is 59.1 Å². The van der Waals surface area contributed by atoms with Crippen LogP contribution in [0.15, 0.2) is 66.0 Å². The van der Waals surface area contributed by atoms with Gasteiger partial charge in [0.05, 0.1) is 29.9 Å². The molecule has 1 N–H and O–H groups in total. The van der Waals surface area contributed by atoms with Crippen molar-refractivity contribution in [2.45, 2.75) is 56.4 Å². The summed E-state index contributed by atoms with van der Waals surface area (Å²) in [5.41, 5.74) is 1.11. The van der Waals surface area contributed by atoms with E-state index >= 15 is 8.78 Å². The van der Waals surface area contributed by atoms with E-state index in [2.05, 4.69) is 24.9 Å². The second-order valence-corrected chi connectivity index (χ2v) is 14.6. The third kappa shape index (κ3) is 9.13. The van der Waals surface area contributed by atoms with Crippen molar-refractivity contribution in [2.75, 3.05) is 49.5 Å². The number of likely N-dealkylation sites (tertiary alicyclic amines) is 1. The molecule has 320 valence electrons. The molecule has 3 aromatic heterocycles. The second kappa shape index (κ2) is 16.3. The van der Waals surface area contributed by atoms with Crippen LogP contribution in [-0.4, -0.2) is 117 Å². The first-order valence-electron chi connectivity index (χ1n) is 18.6. The number of hydrogen-bond donors (Lipinski definition) is 1. The summed E-state index contributed by atoms with van der Waals surface area (Å²) in [5.74, 6) is -8.65. The van der Waals surface area contributed by atoms with Crippen molar-refractivity contribution in [3.63, 3.8) is 0 Å². The lowest BCUT2D eigenvalue weighted by Gasteiger charge is -2.46. The summed E-state index contributed by atoms with van der Waals surface area (Å²) in [6.07, 6.45) is -5.14. The lowest BCUT2D eigenvalue weighted by molar-refractivity contribution is -0.275. The van der Waals surface area contributed by atoms with Crippen molar-refractivity contribution in [2.24, 2.45) is 7.05 Å². The average Bonchev–Trinajstić information content (AvgIpc) is 3.19. The maximum atomic E-state index is 15.8. The second-order valence-electron chi connectivity index (χ2n) is 14.6. The van der Waals surface area contributed by atoms with Gasteiger partial charge in [-0.05, 0) is 48.1 Å². The van der Waals surface area contributed by atoms with Gasteiger partial charge >= 0.3 is 18.5 Å². The molecule has 3 fully saturated rings. The number of anilines is 2. The first-order valence-corrected chi connectivity index (χ1v) is 18.6. The van der Waals surface area contributed by atoms with Gasteiger partial charge in [0.2, 0.25) is 0 Å². The fraction of sp³-hybridized carbons (Fsp3) is 0.421. The summed E-state index contributed by atoms with van der Waals surface area (Å²) in [7, 11) is 1.51. The number of hydroxylamine groups is 2. The molecule has 0 saturated carbocycles. The normalized spacial score (nSPS) is 20.7. The summed E-state index contributed by atoms with van der Waals surface area (Å²) in [6, 6.07) is 6.51. The van der Waals surface area contributed by atoms with E-state index in [4.69, 9.17) is 0 Å². The monoisotopic (exact) mass is 852 g/mol. The third-order valence-electron chi connectivity index (χ3n) is 10.6. The number of piperazine rings is 1. The Balaban J connectivity index is 0.957. The van der Waals surface area contributed by atoms with Gasteiger partial charge in [0.25, 0.3) is 23.3 Å². The van der Waals surface area contributed by atoms with Crippen LogP contribution in [0.2, 0.25) is 0 Å². The van der Waals surface area contributed by atoms with Crippen LogP contribution >= 0.6 is 0 Å². The first-order chi connectivity index (χ1) is 28.3. The Bertz CT molecular complexity index is 2330. The molecule has 3 aliphatic heterocycles. The minimum atomic E-state index is -5.42. The van der Waals surface area contributed by atoms with Gasteiger partial charge < -0.3 is 24.4 Å². The SMILES string of the molecule is Cn1cc(-c2ccc(CN3CCC(N4CCN(c5ccc(NC6CCC(=O)N(OC(=O)C(F)(F)F)C6=O)nc5)CC4)C(F)(F)C3)c(OC(F)(F)F)c2)c2ccncc2c1=O. The number of fused-ring (bicyclic) bond motifs is 1. The Labute approximate surface area is 335 Å². The number of pyridine rings is 3. The first kappa shape index (κ1) is 42.2. The highest BCUT2D eigenvalue weighted by atomic mass is 19.4.